The van der Waals surface area contributed by atoms with Gasteiger partial charge in [0, 0.05) is 11.8 Å². The summed E-state index contributed by atoms with van der Waals surface area (Å²) in [7, 11) is 0. The predicted octanol–water partition coefficient (Wildman–Crippen LogP) is 9.58. The van der Waals surface area contributed by atoms with Gasteiger partial charge in [-0.2, -0.15) is 0 Å². The van der Waals surface area contributed by atoms with Gasteiger partial charge in [-0.15, -0.1) is 0 Å². The predicted molar refractivity (Wildman–Crippen MR) is 140 cm³/mol. The Balaban J connectivity index is 1.61. The van der Waals surface area contributed by atoms with Gasteiger partial charge in [0.1, 0.15) is 5.82 Å². The van der Waals surface area contributed by atoms with Crippen molar-refractivity contribution in [1.29, 1.82) is 0 Å². The van der Waals surface area contributed by atoms with Gasteiger partial charge in [-0.1, -0.05) is 90.7 Å². The zero-order valence-electron chi connectivity index (χ0n) is 21.4. The number of aryl methyl sites for hydroxylation is 2. The molecule has 1 saturated carbocycles. The highest BCUT2D eigenvalue weighted by atomic mass is 19.1. The maximum Gasteiger partial charge on any atom is 0.132 e. The van der Waals surface area contributed by atoms with E-state index in [1.165, 1.54) is 82.6 Å². The third-order valence-corrected chi connectivity index (χ3v) is 7.90. The van der Waals surface area contributed by atoms with Gasteiger partial charge in [0.15, 0.2) is 0 Å². The Labute approximate surface area is 202 Å². The summed E-state index contributed by atoms with van der Waals surface area (Å²) in [6, 6.07) is 9.92. The lowest BCUT2D eigenvalue weighted by Gasteiger charge is -2.37. The van der Waals surface area contributed by atoms with Crippen LogP contribution in [-0.4, -0.2) is 4.98 Å². The second-order valence-corrected chi connectivity index (χ2v) is 10.4. The Bertz CT molecular complexity index is 806. The lowest BCUT2D eigenvalue weighted by molar-refractivity contribution is 0.136. The molecule has 2 atom stereocenters. The summed E-state index contributed by atoms with van der Waals surface area (Å²) in [5.41, 5.74) is 3.75. The lowest BCUT2D eigenvalue weighted by Crippen LogP contribution is -2.27. The summed E-state index contributed by atoms with van der Waals surface area (Å²) in [4.78, 5) is 4.56. The molecular formula is C31H46FN. The van der Waals surface area contributed by atoms with Crippen molar-refractivity contribution < 1.29 is 4.39 Å². The molecule has 182 valence electrons. The largest absolute Gasteiger partial charge is 0.256 e. The highest BCUT2D eigenvalue weighted by molar-refractivity contribution is 5.60. The molecule has 1 aromatic heterocycles. The van der Waals surface area contributed by atoms with E-state index in [0.717, 1.165) is 41.9 Å². The summed E-state index contributed by atoms with van der Waals surface area (Å²) in [5, 5.41) is 0. The van der Waals surface area contributed by atoms with E-state index < -0.39 is 0 Å². The standard InChI is InChI=1S/C31H46FN/c1-4-7-8-13-25-18-21-31(33-23-25)29-20-17-24(22-30(29)32)16-19-27-14-9-10-15-28(27)26(11-5-2)12-6-3/h17-18,20-23,26-28H,4-16,19H2,1-3H3/t27-,28-/m0/s1. The van der Waals surface area contributed by atoms with Gasteiger partial charge >= 0.3 is 0 Å². The van der Waals surface area contributed by atoms with Crippen molar-refractivity contribution in [2.45, 2.75) is 111 Å². The van der Waals surface area contributed by atoms with Crippen LogP contribution in [0, 0.1) is 23.6 Å². The van der Waals surface area contributed by atoms with Crippen LogP contribution in [0.4, 0.5) is 4.39 Å². The number of benzene rings is 1. The third-order valence-electron chi connectivity index (χ3n) is 7.90. The molecule has 1 heterocycles. The van der Waals surface area contributed by atoms with Crippen LogP contribution in [0.2, 0.25) is 0 Å². The first-order valence-corrected chi connectivity index (χ1v) is 13.9. The van der Waals surface area contributed by atoms with Crippen molar-refractivity contribution in [2.24, 2.45) is 17.8 Å². The number of pyridine rings is 1. The molecule has 2 aromatic rings. The first-order valence-electron chi connectivity index (χ1n) is 13.9. The number of nitrogens with zero attached hydrogens (tertiary/aromatic N) is 1. The molecule has 0 N–H and O–H groups in total. The van der Waals surface area contributed by atoms with Crippen molar-refractivity contribution >= 4 is 0 Å². The molecule has 0 amide bonds. The van der Waals surface area contributed by atoms with Gasteiger partial charge in [0.05, 0.1) is 5.69 Å². The van der Waals surface area contributed by atoms with Crippen molar-refractivity contribution in [1.82, 2.24) is 4.98 Å². The number of hydrogen-bond donors (Lipinski definition) is 0. The smallest absolute Gasteiger partial charge is 0.132 e. The van der Waals surface area contributed by atoms with E-state index in [1.807, 2.05) is 18.3 Å². The SMILES string of the molecule is CCCCCc1ccc(-c2ccc(CC[C@@H]3CCCC[C@H]3C(CCC)CCC)cc2F)nc1. The molecule has 1 aromatic carbocycles. The molecule has 0 spiro atoms. The van der Waals surface area contributed by atoms with Gasteiger partial charge in [0.25, 0.3) is 0 Å². The van der Waals surface area contributed by atoms with Crippen LogP contribution in [0.3, 0.4) is 0 Å². The average Bonchev–Trinajstić information content (AvgIpc) is 2.84. The summed E-state index contributed by atoms with van der Waals surface area (Å²) in [6.45, 7) is 6.89. The van der Waals surface area contributed by atoms with Crippen molar-refractivity contribution in [3.63, 3.8) is 0 Å². The molecule has 1 aliphatic rings. The summed E-state index contributed by atoms with van der Waals surface area (Å²) < 4.78 is 15.0. The van der Waals surface area contributed by atoms with Crippen LogP contribution in [0.25, 0.3) is 11.3 Å². The second kappa shape index (κ2) is 13.9. The number of rotatable bonds is 13. The van der Waals surface area contributed by atoms with Crippen LogP contribution in [0.1, 0.15) is 109 Å². The van der Waals surface area contributed by atoms with Crippen LogP contribution in [-0.2, 0) is 12.8 Å². The van der Waals surface area contributed by atoms with E-state index in [9.17, 15) is 0 Å². The van der Waals surface area contributed by atoms with Crippen molar-refractivity contribution in [3.05, 3.63) is 53.5 Å². The fourth-order valence-electron chi connectivity index (χ4n) is 6.11. The molecular weight excluding hydrogens is 405 g/mol. The topological polar surface area (TPSA) is 12.9 Å². The van der Waals surface area contributed by atoms with E-state index in [1.54, 1.807) is 6.07 Å². The second-order valence-electron chi connectivity index (χ2n) is 10.4. The molecule has 1 nitrogen and oxygen atoms in total. The van der Waals surface area contributed by atoms with Gasteiger partial charge in [0.2, 0.25) is 0 Å². The van der Waals surface area contributed by atoms with E-state index in [2.05, 4.69) is 37.9 Å². The molecule has 0 aliphatic heterocycles. The zero-order valence-corrected chi connectivity index (χ0v) is 21.4. The summed E-state index contributed by atoms with van der Waals surface area (Å²) >= 11 is 0. The van der Waals surface area contributed by atoms with Crippen molar-refractivity contribution in [2.75, 3.05) is 0 Å². The normalized spacial score (nSPS) is 18.7. The van der Waals surface area contributed by atoms with E-state index in [0.29, 0.717) is 5.56 Å². The Morgan fingerprint density at radius 3 is 2.30 bits per heavy atom. The van der Waals surface area contributed by atoms with E-state index >= 15 is 4.39 Å². The minimum absolute atomic E-state index is 0.131. The molecule has 2 heteroatoms. The quantitative estimate of drug-likeness (QED) is 0.276. The fraction of sp³-hybridized carbons (Fsp3) is 0.645. The average molecular weight is 452 g/mol. The maximum atomic E-state index is 15.0. The first-order chi connectivity index (χ1) is 16.2. The number of aromatic nitrogens is 1. The minimum atomic E-state index is -0.131. The Morgan fingerprint density at radius 2 is 1.64 bits per heavy atom. The highest BCUT2D eigenvalue weighted by Crippen LogP contribution is 2.41. The van der Waals surface area contributed by atoms with E-state index in [4.69, 9.17) is 0 Å². The van der Waals surface area contributed by atoms with Crippen LogP contribution in [0.5, 0.6) is 0 Å². The number of unbranched alkanes of at least 4 members (excludes halogenated alkanes) is 2. The Morgan fingerprint density at radius 1 is 0.879 bits per heavy atom. The lowest BCUT2D eigenvalue weighted by atomic mass is 9.68. The van der Waals surface area contributed by atoms with Crippen molar-refractivity contribution in [3.8, 4) is 11.3 Å². The van der Waals surface area contributed by atoms with Gasteiger partial charge in [-0.3, -0.25) is 4.98 Å². The molecule has 0 saturated heterocycles. The number of hydrogen-bond acceptors (Lipinski definition) is 1. The van der Waals surface area contributed by atoms with E-state index in [-0.39, 0.29) is 5.82 Å². The molecule has 33 heavy (non-hydrogen) atoms. The monoisotopic (exact) mass is 451 g/mol. The number of halogens is 1. The molecule has 0 radical (unpaired) electrons. The molecule has 1 aliphatic carbocycles. The Kier molecular flexibility index (Phi) is 10.9. The van der Waals surface area contributed by atoms with Gasteiger partial charge < -0.3 is 0 Å². The van der Waals surface area contributed by atoms with Crippen LogP contribution >= 0.6 is 0 Å². The molecule has 0 unspecified atom stereocenters. The Hall–Kier alpha value is -1.70. The first kappa shape index (κ1) is 25.9. The van der Waals surface area contributed by atoms with Gasteiger partial charge in [-0.25, -0.2) is 4.39 Å². The fourth-order valence-corrected chi connectivity index (χ4v) is 6.11. The van der Waals surface area contributed by atoms with Crippen LogP contribution < -0.4 is 0 Å². The zero-order chi connectivity index (χ0) is 23.5. The van der Waals surface area contributed by atoms with Gasteiger partial charge in [-0.05, 0) is 79.2 Å². The van der Waals surface area contributed by atoms with Crippen LogP contribution in [0.15, 0.2) is 36.5 Å². The maximum absolute atomic E-state index is 15.0. The molecule has 3 rings (SSSR count). The molecule has 0 bridgehead atoms. The summed E-state index contributed by atoms with van der Waals surface area (Å²) in [6.07, 6.45) is 19.7. The summed E-state index contributed by atoms with van der Waals surface area (Å²) in [5.74, 6) is 2.45. The minimum Gasteiger partial charge on any atom is -0.256 e. The third kappa shape index (κ3) is 7.66. The molecule has 1 fully saturated rings. The highest BCUT2D eigenvalue weighted by Gasteiger charge is 2.30.